The van der Waals surface area contributed by atoms with Crippen molar-refractivity contribution in [2.45, 2.75) is 13.5 Å². The van der Waals surface area contributed by atoms with Crippen LogP contribution >= 0.6 is 11.6 Å². The zero-order valence-corrected chi connectivity index (χ0v) is 17.0. The molecule has 0 saturated carbocycles. The van der Waals surface area contributed by atoms with Gasteiger partial charge in [-0.25, -0.2) is 4.39 Å². The Hall–Kier alpha value is -3.37. The first kappa shape index (κ1) is 19.9. The summed E-state index contributed by atoms with van der Waals surface area (Å²) in [4.78, 5) is 12.8. The molecule has 0 N–H and O–H groups in total. The molecule has 30 heavy (non-hydrogen) atoms. The van der Waals surface area contributed by atoms with Crippen molar-refractivity contribution < 1.29 is 18.7 Å². The van der Waals surface area contributed by atoms with Gasteiger partial charge in [0.15, 0.2) is 5.76 Å². The quantitative estimate of drug-likeness (QED) is 0.435. The molecule has 3 nitrogen and oxygen atoms in total. The summed E-state index contributed by atoms with van der Waals surface area (Å²) in [7, 11) is 0. The molecule has 0 spiro atoms. The number of carbonyl (C=O) groups is 1. The third kappa shape index (κ3) is 3.87. The second-order valence-electron chi connectivity index (χ2n) is 6.92. The first-order valence-corrected chi connectivity index (χ1v) is 9.71. The lowest BCUT2D eigenvalue weighted by atomic mass is 10.0. The maximum absolute atomic E-state index is 14.1. The lowest BCUT2D eigenvalue weighted by Crippen LogP contribution is -2.00. The van der Waals surface area contributed by atoms with Gasteiger partial charge >= 0.3 is 0 Å². The van der Waals surface area contributed by atoms with Gasteiger partial charge in [0.1, 0.15) is 23.9 Å². The molecular formula is C25H18ClFO3. The summed E-state index contributed by atoms with van der Waals surface area (Å²) in [6, 6.07) is 15.7. The van der Waals surface area contributed by atoms with Gasteiger partial charge in [-0.2, -0.15) is 0 Å². The predicted molar refractivity (Wildman–Crippen MR) is 116 cm³/mol. The fourth-order valence-corrected chi connectivity index (χ4v) is 3.47. The second kappa shape index (κ2) is 8.17. The molecule has 3 aromatic carbocycles. The summed E-state index contributed by atoms with van der Waals surface area (Å²) in [5.74, 6) is 0.156. The average Bonchev–Trinajstić information content (AvgIpc) is 3.05. The van der Waals surface area contributed by atoms with Crippen molar-refractivity contribution in [3.63, 3.8) is 0 Å². The minimum atomic E-state index is -0.523. The van der Waals surface area contributed by atoms with Crippen molar-refractivity contribution in [3.05, 3.63) is 106 Å². The number of ether oxygens (including phenoxy) is 2. The van der Waals surface area contributed by atoms with E-state index >= 15 is 0 Å². The number of Topliss-reactive ketones (excluding diaryl/α,β-unsaturated/α-hetero) is 1. The van der Waals surface area contributed by atoms with Gasteiger partial charge in [-0.1, -0.05) is 54.6 Å². The minimum absolute atomic E-state index is 0.0252. The largest absolute Gasteiger partial charge is 0.489 e. The van der Waals surface area contributed by atoms with Crippen molar-refractivity contribution in [2.75, 3.05) is 0 Å². The normalized spacial score (nSPS) is 13.8. The maximum Gasteiger partial charge on any atom is 0.232 e. The Balaban J connectivity index is 1.57. The van der Waals surface area contributed by atoms with Crippen LogP contribution in [0.25, 0.3) is 12.2 Å². The smallest absolute Gasteiger partial charge is 0.232 e. The number of aryl methyl sites for hydroxylation is 1. The third-order valence-corrected chi connectivity index (χ3v) is 5.17. The molecule has 0 unspecified atom stereocenters. The van der Waals surface area contributed by atoms with Gasteiger partial charge in [0, 0.05) is 11.6 Å². The summed E-state index contributed by atoms with van der Waals surface area (Å²) in [6.45, 7) is 5.92. The third-order valence-electron chi connectivity index (χ3n) is 4.84. The van der Waals surface area contributed by atoms with Crippen LogP contribution in [0.2, 0.25) is 5.02 Å². The van der Waals surface area contributed by atoms with E-state index in [9.17, 15) is 9.18 Å². The number of fused-ring (bicyclic) bond motifs is 1. The summed E-state index contributed by atoms with van der Waals surface area (Å²) in [6.07, 6.45) is 3.11. The standard InChI is InChI=1S/C25H18ClFO3/c1-3-16-7-9-17(10-8-16)14-29-18-11-15(2)24-22(12-18)30-23(25(24)28)13-19-20(26)5-4-6-21(19)27/h3-13H,1,14H2,2H3/b23-13-. The first-order chi connectivity index (χ1) is 14.5. The zero-order chi connectivity index (χ0) is 21.3. The number of carbonyl (C=O) groups excluding carboxylic acids is 1. The highest BCUT2D eigenvalue weighted by Gasteiger charge is 2.30. The Morgan fingerprint density at radius 3 is 2.63 bits per heavy atom. The van der Waals surface area contributed by atoms with E-state index in [1.807, 2.05) is 31.2 Å². The molecule has 3 aromatic rings. The highest BCUT2D eigenvalue weighted by atomic mass is 35.5. The number of rotatable bonds is 5. The van der Waals surface area contributed by atoms with Crippen LogP contribution in [0.15, 0.2) is 66.9 Å². The van der Waals surface area contributed by atoms with Crippen LogP contribution in [0.1, 0.15) is 32.6 Å². The molecule has 1 aliphatic rings. The summed E-state index contributed by atoms with van der Waals surface area (Å²) < 4.78 is 25.7. The molecular weight excluding hydrogens is 403 g/mol. The molecule has 4 rings (SSSR count). The molecule has 0 atom stereocenters. The van der Waals surface area contributed by atoms with Crippen LogP contribution in [-0.2, 0) is 6.61 Å². The van der Waals surface area contributed by atoms with Crippen LogP contribution in [0, 0.1) is 12.7 Å². The Kier molecular flexibility index (Phi) is 5.42. The summed E-state index contributed by atoms with van der Waals surface area (Å²) in [5.41, 5.74) is 3.32. The molecule has 150 valence electrons. The molecule has 1 heterocycles. The fourth-order valence-electron chi connectivity index (χ4n) is 3.26. The van der Waals surface area contributed by atoms with Crippen LogP contribution in [0.3, 0.4) is 0 Å². The van der Waals surface area contributed by atoms with E-state index in [-0.39, 0.29) is 22.1 Å². The molecule has 0 saturated heterocycles. The van der Waals surface area contributed by atoms with Crippen molar-refractivity contribution in [1.82, 2.24) is 0 Å². The predicted octanol–water partition coefficient (Wildman–Crippen LogP) is 6.63. The van der Waals surface area contributed by atoms with Gasteiger partial charge in [0.2, 0.25) is 5.78 Å². The average molecular weight is 421 g/mol. The Bertz CT molecular complexity index is 1160. The Morgan fingerprint density at radius 2 is 1.93 bits per heavy atom. The van der Waals surface area contributed by atoms with E-state index in [1.54, 1.807) is 24.3 Å². The SMILES string of the molecule is C=Cc1ccc(COc2cc(C)c3c(c2)O/C(=C\c2c(F)cccc2Cl)C3=O)cc1. The first-order valence-electron chi connectivity index (χ1n) is 9.33. The number of benzene rings is 3. The number of hydrogen-bond donors (Lipinski definition) is 0. The summed E-state index contributed by atoms with van der Waals surface area (Å²) in [5, 5.41) is 0.207. The highest BCUT2D eigenvalue weighted by molar-refractivity contribution is 6.32. The van der Waals surface area contributed by atoms with Gasteiger partial charge in [0.05, 0.1) is 10.6 Å². The van der Waals surface area contributed by atoms with Crippen molar-refractivity contribution in [1.29, 1.82) is 0 Å². The molecule has 5 heteroatoms. The van der Waals surface area contributed by atoms with E-state index in [1.165, 1.54) is 18.2 Å². The van der Waals surface area contributed by atoms with Gasteiger partial charge in [-0.05, 0) is 47.9 Å². The van der Waals surface area contributed by atoms with Crippen molar-refractivity contribution in [2.24, 2.45) is 0 Å². The highest BCUT2D eigenvalue weighted by Crippen LogP contribution is 2.38. The second-order valence-corrected chi connectivity index (χ2v) is 7.33. The maximum atomic E-state index is 14.1. The molecule has 0 radical (unpaired) electrons. The van der Waals surface area contributed by atoms with E-state index in [0.29, 0.717) is 23.7 Å². The van der Waals surface area contributed by atoms with E-state index < -0.39 is 5.82 Å². The van der Waals surface area contributed by atoms with Gasteiger partial charge in [-0.3, -0.25) is 4.79 Å². The van der Waals surface area contributed by atoms with Crippen LogP contribution < -0.4 is 9.47 Å². The minimum Gasteiger partial charge on any atom is -0.489 e. The zero-order valence-electron chi connectivity index (χ0n) is 16.2. The molecule has 1 aliphatic heterocycles. The van der Waals surface area contributed by atoms with Crippen LogP contribution in [0.5, 0.6) is 11.5 Å². The number of halogens is 2. The number of allylic oxidation sites excluding steroid dienone is 1. The van der Waals surface area contributed by atoms with E-state index in [2.05, 4.69) is 6.58 Å². The lowest BCUT2D eigenvalue weighted by molar-refractivity contribution is 0.101. The monoisotopic (exact) mass is 420 g/mol. The fraction of sp³-hybridized carbons (Fsp3) is 0.0800. The van der Waals surface area contributed by atoms with Crippen molar-refractivity contribution in [3.8, 4) is 11.5 Å². The van der Waals surface area contributed by atoms with E-state index in [4.69, 9.17) is 21.1 Å². The molecule has 0 aliphatic carbocycles. The summed E-state index contributed by atoms with van der Waals surface area (Å²) >= 11 is 6.07. The van der Waals surface area contributed by atoms with Gasteiger partial charge in [0.25, 0.3) is 0 Å². The number of hydrogen-bond acceptors (Lipinski definition) is 3. The molecule has 0 aromatic heterocycles. The molecule has 0 fully saturated rings. The molecule has 0 bridgehead atoms. The number of ketones is 1. The molecule has 0 amide bonds. The lowest BCUT2D eigenvalue weighted by Gasteiger charge is -2.09. The topological polar surface area (TPSA) is 35.5 Å². The van der Waals surface area contributed by atoms with Crippen LogP contribution in [0.4, 0.5) is 4.39 Å². The van der Waals surface area contributed by atoms with Crippen molar-refractivity contribution >= 4 is 29.5 Å². The van der Waals surface area contributed by atoms with E-state index in [0.717, 1.165) is 16.7 Å². The van der Waals surface area contributed by atoms with Gasteiger partial charge in [-0.15, -0.1) is 0 Å². The Morgan fingerprint density at radius 1 is 1.17 bits per heavy atom. The van der Waals surface area contributed by atoms with Crippen LogP contribution in [-0.4, -0.2) is 5.78 Å². The Labute approximate surface area is 179 Å². The van der Waals surface area contributed by atoms with Gasteiger partial charge < -0.3 is 9.47 Å².